The number of benzene rings is 1. The summed E-state index contributed by atoms with van der Waals surface area (Å²) in [4.78, 5) is 41.1. The summed E-state index contributed by atoms with van der Waals surface area (Å²) >= 11 is 6.11. The molecule has 0 atom stereocenters. The van der Waals surface area contributed by atoms with E-state index < -0.39 is 11.8 Å². The summed E-state index contributed by atoms with van der Waals surface area (Å²) in [7, 11) is 0. The molecule has 8 nitrogen and oxygen atoms in total. The van der Waals surface area contributed by atoms with Crippen molar-refractivity contribution >= 4 is 34.9 Å². The third-order valence-corrected chi connectivity index (χ3v) is 4.43. The Morgan fingerprint density at radius 3 is 2.53 bits per heavy atom. The monoisotopic (exact) mass is 425 g/mol. The fraction of sp³-hybridized carbons (Fsp3) is 0.190. The second-order valence-electron chi connectivity index (χ2n) is 6.75. The number of hydrogen-bond donors (Lipinski definition) is 2. The predicted molar refractivity (Wildman–Crippen MR) is 113 cm³/mol. The molecule has 0 spiro atoms. The van der Waals surface area contributed by atoms with Crippen molar-refractivity contribution in [2.75, 3.05) is 11.9 Å². The Hall–Kier alpha value is -3.52. The van der Waals surface area contributed by atoms with E-state index in [0.717, 1.165) is 0 Å². The maximum atomic E-state index is 13.1. The number of nitrogens with one attached hydrogen (secondary N) is 2. The van der Waals surface area contributed by atoms with Crippen molar-refractivity contribution in [3.63, 3.8) is 0 Å². The third kappa shape index (κ3) is 4.72. The Balaban J connectivity index is 1.97. The molecule has 30 heavy (non-hydrogen) atoms. The van der Waals surface area contributed by atoms with E-state index in [1.807, 2.05) is 0 Å². The number of aromatic nitrogens is 3. The van der Waals surface area contributed by atoms with Gasteiger partial charge in [-0.1, -0.05) is 17.7 Å². The van der Waals surface area contributed by atoms with Crippen LogP contribution >= 0.6 is 11.6 Å². The van der Waals surface area contributed by atoms with Crippen molar-refractivity contribution in [3.05, 3.63) is 70.1 Å². The minimum absolute atomic E-state index is 0.122. The molecule has 154 valence electrons. The fourth-order valence-corrected chi connectivity index (χ4v) is 3.15. The molecule has 0 saturated carbocycles. The molecule has 0 aliphatic carbocycles. The number of hydrogen-bond acceptors (Lipinski definition) is 5. The molecule has 2 N–H and O–H groups in total. The van der Waals surface area contributed by atoms with E-state index in [9.17, 15) is 14.4 Å². The number of aryl methyl sites for hydroxylation is 2. The molecule has 3 aromatic rings. The number of Topliss-reactive ketones (excluding diaryl/α,β-unsaturated/α-hetero) is 1. The summed E-state index contributed by atoms with van der Waals surface area (Å²) in [5.41, 5.74) is 1.96. The van der Waals surface area contributed by atoms with Crippen molar-refractivity contribution < 1.29 is 14.4 Å². The van der Waals surface area contributed by atoms with Gasteiger partial charge in [0.25, 0.3) is 11.8 Å². The van der Waals surface area contributed by atoms with E-state index in [-0.39, 0.29) is 23.6 Å². The highest BCUT2D eigenvalue weighted by atomic mass is 35.5. The first-order valence-electron chi connectivity index (χ1n) is 9.13. The van der Waals surface area contributed by atoms with E-state index in [1.54, 1.807) is 50.4 Å². The molecule has 0 saturated heterocycles. The molecule has 3 rings (SSSR count). The Bertz CT molecular complexity index is 1130. The van der Waals surface area contributed by atoms with Crippen LogP contribution in [0.1, 0.15) is 39.0 Å². The van der Waals surface area contributed by atoms with Crippen LogP contribution in [0.4, 0.5) is 5.69 Å². The van der Waals surface area contributed by atoms with Crippen molar-refractivity contribution in [2.45, 2.75) is 20.8 Å². The lowest BCUT2D eigenvalue weighted by Crippen LogP contribution is -2.29. The molecular formula is C21H20ClN5O3. The topological polar surface area (TPSA) is 106 Å². The van der Waals surface area contributed by atoms with E-state index >= 15 is 0 Å². The average molecular weight is 426 g/mol. The van der Waals surface area contributed by atoms with E-state index in [0.29, 0.717) is 27.8 Å². The van der Waals surface area contributed by atoms with Gasteiger partial charge in [0.1, 0.15) is 11.5 Å². The summed E-state index contributed by atoms with van der Waals surface area (Å²) in [5.74, 6) is -0.682. The van der Waals surface area contributed by atoms with Gasteiger partial charge in [-0.15, -0.1) is 0 Å². The largest absolute Gasteiger partial charge is 0.345 e. The number of anilines is 1. The zero-order valence-electron chi connectivity index (χ0n) is 16.7. The molecule has 2 aromatic heterocycles. The lowest BCUT2D eigenvalue weighted by Gasteiger charge is -2.15. The smallest absolute Gasteiger partial charge is 0.274 e. The van der Waals surface area contributed by atoms with Crippen molar-refractivity contribution in [3.8, 4) is 5.82 Å². The summed E-state index contributed by atoms with van der Waals surface area (Å²) in [6.45, 7) is 4.74. The summed E-state index contributed by atoms with van der Waals surface area (Å²) < 4.78 is 1.44. The van der Waals surface area contributed by atoms with Gasteiger partial charge in [-0.3, -0.25) is 14.4 Å². The van der Waals surface area contributed by atoms with E-state index in [1.165, 1.54) is 17.7 Å². The van der Waals surface area contributed by atoms with Gasteiger partial charge in [-0.05, 0) is 56.7 Å². The Kier molecular flexibility index (Phi) is 6.27. The molecule has 0 bridgehead atoms. The van der Waals surface area contributed by atoms with Crippen LogP contribution in [-0.2, 0) is 4.79 Å². The maximum absolute atomic E-state index is 13.1. The fourth-order valence-electron chi connectivity index (χ4n) is 2.88. The van der Waals surface area contributed by atoms with Gasteiger partial charge in [0.05, 0.1) is 23.5 Å². The highest BCUT2D eigenvalue weighted by molar-refractivity contribution is 6.31. The molecule has 0 unspecified atom stereocenters. The Morgan fingerprint density at radius 1 is 1.10 bits per heavy atom. The molecular weight excluding hydrogens is 406 g/mol. The summed E-state index contributed by atoms with van der Waals surface area (Å²) in [5, 5.41) is 9.99. The molecule has 0 aliphatic heterocycles. The van der Waals surface area contributed by atoms with Crippen LogP contribution in [0.25, 0.3) is 5.82 Å². The second-order valence-corrected chi connectivity index (χ2v) is 7.19. The first-order chi connectivity index (χ1) is 14.3. The number of rotatable bonds is 6. The molecule has 1 aromatic carbocycles. The van der Waals surface area contributed by atoms with Crippen LogP contribution in [0.15, 0.2) is 42.6 Å². The van der Waals surface area contributed by atoms with Gasteiger partial charge >= 0.3 is 0 Å². The van der Waals surface area contributed by atoms with Crippen molar-refractivity contribution in [1.82, 2.24) is 20.1 Å². The highest BCUT2D eigenvalue weighted by Gasteiger charge is 2.21. The molecule has 0 radical (unpaired) electrons. The molecule has 2 amide bonds. The lowest BCUT2D eigenvalue weighted by atomic mass is 10.1. The lowest BCUT2D eigenvalue weighted by molar-refractivity contribution is -0.116. The standard InChI is InChI=1S/C21H20ClN5O3/c1-12-8-15(22)10-16(20(29)24-11-14(3)28)19(12)25-21(30)17-9-13(2)26-27(17)18-6-4-5-7-23-18/h4-10H,11H2,1-3H3,(H,24,29)(H,25,30). The van der Waals surface area contributed by atoms with Crippen LogP contribution in [0.2, 0.25) is 5.02 Å². The number of nitrogens with zero attached hydrogens (tertiary/aromatic N) is 3. The predicted octanol–water partition coefficient (Wildman–Crippen LogP) is 3.11. The first kappa shape index (κ1) is 21.2. The minimum atomic E-state index is -0.513. The van der Waals surface area contributed by atoms with Gasteiger partial charge in [0.2, 0.25) is 0 Å². The maximum Gasteiger partial charge on any atom is 0.274 e. The number of amides is 2. The zero-order chi connectivity index (χ0) is 21.8. The number of pyridine rings is 1. The third-order valence-electron chi connectivity index (χ3n) is 4.21. The minimum Gasteiger partial charge on any atom is -0.345 e. The van der Waals surface area contributed by atoms with Crippen LogP contribution in [0, 0.1) is 13.8 Å². The summed E-state index contributed by atoms with van der Waals surface area (Å²) in [6, 6.07) is 10.0. The van der Waals surface area contributed by atoms with Crippen LogP contribution < -0.4 is 10.6 Å². The average Bonchev–Trinajstić information content (AvgIpc) is 3.10. The number of carbonyl (C=O) groups is 3. The van der Waals surface area contributed by atoms with E-state index in [4.69, 9.17) is 11.6 Å². The van der Waals surface area contributed by atoms with E-state index in [2.05, 4.69) is 20.7 Å². The van der Waals surface area contributed by atoms with Gasteiger partial charge in [-0.25, -0.2) is 9.67 Å². The second kappa shape index (κ2) is 8.87. The van der Waals surface area contributed by atoms with Crippen molar-refractivity contribution in [1.29, 1.82) is 0 Å². The van der Waals surface area contributed by atoms with Crippen molar-refractivity contribution in [2.24, 2.45) is 0 Å². The highest BCUT2D eigenvalue weighted by Crippen LogP contribution is 2.26. The zero-order valence-corrected chi connectivity index (χ0v) is 17.4. The SMILES string of the molecule is CC(=O)CNC(=O)c1cc(Cl)cc(C)c1NC(=O)c1cc(C)nn1-c1ccccn1. The first-order valence-corrected chi connectivity index (χ1v) is 9.51. The van der Waals surface area contributed by atoms with Gasteiger partial charge in [0.15, 0.2) is 5.82 Å². The number of carbonyl (C=O) groups excluding carboxylic acids is 3. The van der Waals surface area contributed by atoms with Crippen LogP contribution in [-0.4, -0.2) is 38.9 Å². The molecule has 2 heterocycles. The number of halogens is 1. The normalized spacial score (nSPS) is 10.5. The van der Waals surface area contributed by atoms with Gasteiger partial charge in [0, 0.05) is 11.2 Å². The Labute approximate surface area is 178 Å². The molecule has 0 fully saturated rings. The molecule has 9 heteroatoms. The Morgan fingerprint density at radius 2 is 1.87 bits per heavy atom. The van der Waals surface area contributed by atoms with Crippen LogP contribution in [0.3, 0.4) is 0 Å². The number of ketones is 1. The molecule has 0 aliphatic rings. The summed E-state index contributed by atoms with van der Waals surface area (Å²) in [6.07, 6.45) is 1.61. The van der Waals surface area contributed by atoms with Gasteiger partial charge in [-0.2, -0.15) is 5.10 Å². The van der Waals surface area contributed by atoms with Gasteiger partial charge < -0.3 is 10.6 Å². The quantitative estimate of drug-likeness (QED) is 0.631. The van der Waals surface area contributed by atoms with Crippen LogP contribution in [0.5, 0.6) is 0 Å².